The van der Waals surface area contributed by atoms with Gasteiger partial charge >= 0.3 is 5.97 Å². The maximum Gasteiger partial charge on any atom is 0.339 e. The van der Waals surface area contributed by atoms with Gasteiger partial charge in [-0.1, -0.05) is 12.1 Å². The fourth-order valence-electron chi connectivity index (χ4n) is 2.17. The van der Waals surface area contributed by atoms with Gasteiger partial charge in [0.25, 0.3) is 0 Å². The molecule has 1 aliphatic heterocycles. The van der Waals surface area contributed by atoms with E-state index in [1.807, 2.05) is 24.3 Å². The highest BCUT2D eigenvalue weighted by Gasteiger charge is 2.24. The Balaban J connectivity index is 1.99. The minimum Gasteiger partial charge on any atom is -0.453 e. The van der Waals surface area contributed by atoms with Gasteiger partial charge in [-0.3, -0.25) is 0 Å². The van der Waals surface area contributed by atoms with Gasteiger partial charge in [-0.05, 0) is 41.1 Å². The second kappa shape index (κ2) is 5.82. The molecule has 1 aromatic rings. The number of halogens is 1. The van der Waals surface area contributed by atoms with Gasteiger partial charge in [0.15, 0.2) is 6.10 Å². The van der Waals surface area contributed by atoms with Crippen LogP contribution in [-0.2, 0) is 4.74 Å². The third-order valence-corrected chi connectivity index (χ3v) is 4.01. The molecule has 2 atom stereocenters. The third-order valence-electron chi connectivity index (χ3n) is 3.07. The molecular weight excluding hydrogens is 329 g/mol. The predicted molar refractivity (Wildman–Crippen MR) is 74.2 cm³/mol. The van der Waals surface area contributed by atoms with E-state index >= 15 is 0 Å². The van der Waals surface area contributed by atoms with Crippen LogP contribution >= 0.6 is 22.6 Å². The second-order valence-electron chi connectivity index (χ2n) is 4.56. The SMILES string of the molecule is C[NH+]1CCC[C@H](OC(=O)c2ccccc2I)C1. The molecule has 1 aliphatic rings. The first-order chi connectivity index (χ1) is 8.16. The molecule has 2 rings (SSSR count). The summed E-state index contributed by atoms with van der Waals surface area (Å²) in [6.45, 7) is 2.10. The summed E-state index contributed by atoms with van der Waals surface area (Å²) in [6.07, 6.45) is 2.20. The van der Waals surface area contributed by atoms with Crippen LogP contribution in [0.4, 0.5) is 0 Å². The van der Waals surface area contributed by atoms with Crippen molar-refractivity contribution in [2.75, 3.05) is 20.1 Å². The van der Waals surface area contributed by atoms with Crippen LogP contribution in [0.25, 0.3) is 0 Å². The van der Waals surface area contributed by atoms with E-state index in [1.54, 1.807) is 0 Å². The molecule has 1 unspecified atom stereocenters. The lowest BCUT2D eigenvalue weighted by Crippen LogP contribution is -3.11. The first-order valence-corrected chi connectivity index (χ1v) is 7.01. The zero-order chi connectivity index (χ0) is 12.3. The van der Waals surface area contributed by atoms with Crippen molar-refractivity contribution in [3.05, 3.63) is 33.4 Å². The summed E-state index contributed by atoms with van der Waals surface area (Å²) in [5.74, 6) is -0.185. The number of esters is 1. The molecule has 1 heterocycles. The highest BCUT2D eigenvalue weighted by atomic mass is 127. The molecule has 1 fully saturated rings. The number of carbonyl (C=O) groups is 1. The number of likely N-dealkylation sites (tertiary alicyclic amines) is 1. The maximum absolute atomic E-state index is 12.0. The number of ether oxygens (including phenoxy) is 1. The van der Waals surface area contributed by atoms with E-state index < -0.39 is 0 Å². The normalized spacial score (nSPS) is 24.4. The van der Waals surface area contributed by atoms with Crippen LogP contribution in [0, 0.1) is 3.57 Å². The molecule has 0 amide bonds. The zero-order valence-corrected chi connectivity index (χ0v) is 12.1. The first kappa shape index (κ1) is 12.8. The number of hydrogen-bond donors (Lipinski definition) is 1. The molecule has 0 spiro atoms. The average molecular weight is 346 g/mol. The summed E-state index contributed by atoms with van der Waals surface area (Å²) in [6, 6.07) is 7.55. The molecule has 0 aliphatic carbocycles. The molecule has 0 saturated carbocycles. The molecule has 1 N–H and O–H groups in total. The van der Waals surface area contributed by atoms with E-state index in [0.29, 0.717) is 5.56 Å². The van der Waals surface area contributed by atoms with Crippen molar-refractivity contribution in [3.8, 4) is 0 Å². The van der Waals surface area contributed by atoms with Crippen molar-refractivity contribution in [3.63, 3.8) is 0 Å². The Labute approximate surface area is 115 Å². The molecular formula is C13H17INO2+. The molecule has 4 heteroatoms. The topological polar surface area (TPSA) is 30.7 Å². The Morgan fingerprint density at radius 2 is 2.24 bits per heavy atom. The summed E-state index contributed by atoms with van der Waals surface area (Å²) in [4.78, 5) is 13.4. The Morgan fingerprint density at radius 3 is 2.94 bits per heavy atom. The number of quaternary nitrogens is 1. The quantitative estimate of drug-likeness (QED) is 0.643. The van der Waals surface area contributed by atoms with Crippen molar-refractivity contribution in [1.29, 1.82) is 0 Å². The molecule has 0 bridgehead atoms. The van der Waals surface area contributed by atoms with Crippen LogP contribution in [0.15, 0.2) is 24.3 Å². The molecule has 92 valence electrons. The second-order valence-corrected chi connectivity index (χ2v) is 5.72. The Kier molecular flexibility index (Phi) is 4.39. The number of likely N-dealkylation sites (N-methyl/N-ethyl adjacent to an activating group) is 1. The average Bonchev–Trinajstić information content (AvgIpc) is 2.29. The van der Waals surface area contributed by atoms with Crippen LogP contribution in [0.1, 0.15) is 23.2 Å². The van der Waals surface area contributed by atoms with Crippen molar-refractivity contribution in [2.45, 2.75) is 18.9 Å². The standard InChI is InChI=1S/C13H16INO2/c1-15-8-4-5-10(9-15)17-13(16)11-6-2-3-7-12(11)14/h2-3,6-7,10H,4-5,8-9H2,1H3/p+1/t10-/m0/s1. The van der Waals surface area contributed by atoms with Crippen molar-refractivity contribution < 1.29 is 14.4 Å². The summed E-state index contributed by atoms with van der Waals surface area (Å²) in [5, 5.41) is 0. The molecule has 0 radical (unpaired) electrons. The summed E-state index contributed by atoms with van der Waals surface area (Å²) >= 11 is 2.17. The van der Waals surface area contributed by atoms with Gasteiger partial charge in [-0.25, -0.2) is 4.79 Å². The third kappa shape index (κ3) is 3.42. The van der Waals surface area contributed by atoms with Gasteiger partial charge in [-0.2, -0.15) is 0 Å². The Hall–Kier alpha value is -0.620. The monoisotopic (exact) mass is 346 g/mol. The molecule has 0 aromatic heterocycles. The fourth-order valence-corrected chi connectivity index (χ4v) is 2.77. The van der Waals surface area contributed by atoms with E-state index in [-0.39, 0.29) is 12.1 Å². The Morgan fingerprint density at radius 1 is 1.47 bits per heavy atom. The highest BCUT2D eigenvalue weighted by Crippen LogP contribution is 2.14. The smallest absolute Gasteiger partial charge is 0.339 e. The van der Waals surface area contributed by atoms with Gasteiger partial charge in [-0.15, -0.1) is 0 Å². The van der Waals surface area contributed by atoms with E-state index in [4.69, 9.17) is 4.74 Å². The summed E-state index contributed by atoms with van der Waals surface area (Å²) in [5.41, 5.74) is 0.677. The highest BCUT2D eigenvalue weighted by molar-refractivity contribution is 14.1. The minimum atomic E-state index is -0.185. The molecule has 3 nitrogen and oxygen atoms in total. The number of carbonyl (C=O) groups excluding carboxylic acids is 1. The van der Waals surface area contributed by atoms with Crippen LogP contribution in [0.2, 0.25) is 0 Å². The van der Waals surface area contributed by atoms with E-state index in [0.717, 1.165) is 23.0 Å². The largest absolute Gasteiger partial charge is 0.453 e. The van der Waals surface area contributed by atoms with Gasteiger partial charge in [0.2, 0.25) is 0 Å². The number of rotatable bonds is 2. The number of nitrogens with one attached hydrogen (secondary N) is 1. The minimum absolute atomic E-state index is 0.0762. The van der Waals surface area contributed by atoms with Crippen LogP contribution in [0.5, 0.6) is 0 Å². The van der Waals surface area contributed by atoms with Crippen molar-refractivity contribution in [2.24, 2.45) is 0 Å². The van der Waals surface area contributed by atoms with Crippen LogP contribution < -0.4 is 4.90 Å². The fraction of sp³-hybridized carbons (Fsp3) is 0.462. The first-order valence-electron chi connectivity index (χ1n) is 5.93. The summed E-state index contributed by atoms with van der Waals surface area (Å²) in [7, 11) is 2.15. The number of hydrogen-bond acceptors (Lipinski definition) is 2. The van der Waals surface area contributed by atoms with Crippen LogP contribution in [-0.4, -0.2) is 32.2 Å². The molecule has 1 aromatic carbocycles. The zero-order valence-electron chi connectivity index (χ0n) is 9.91. The Bertz CT molecular complexity index is 408. The lowest BCUT2D eigenvalue weighted by Gasteiger charge is -2.26. The van der Waals surface area contributed by atoms with Crippen LogP contribution in [0.3, 0.4) is 0 Å². The predicted octanol–water partition coefficient (Wildman–Crippen LogP) is 1.13. The lowest BCUT2D eigenvalue weighted by molar-refractivity contribution is -0.888. The van der Waals surface area contributed by atoms with Gasteiger partial charge in [0.05, 0.1) is 19.2 Å². The van der Waals surface area contributed by atoms with Gasteiger partial charge in [0.1, 0.15) is 6.54 Å². The van der Waals surface area contributed by atoms with Gasteiger partial charge < -0.3 is 9.64 Å². The van der Waals surface area contributed by atoms with Gasteiger partial charge in [0, 0.05) is 9.99 Å². The van der Waals surface area contributed by atoms with E-state index in [1.165, 1.54) is 11.4 Å². The number of piperidine rings is 1. The molecule has 17 heavy (non-hydrogen) atoms. The maximum atomic E-state index is 12.0. The van der Waals surface area contributed by atoms with Crippen molar-refractivity contribution in [1.82, 2.24) is 0 Å². The van der Waals surface area contributed by atoms with E-state index in [9.17, 15) is 4.79 Å². The van der Waals surface area contributed by atoms with Crippen molar-refractivity contribution >= 4 is 28.6 Å². The molecule has 1 saturated heterocycles. The van der Waals surface area contributed by atoms with E-state index in [2.05, 4.69) is 29.6 Å². The number of benzene rings is 1. The summed E-state index contributed by atoms with van der Waals surface area (Å²) < 4.78 is 6.51. The lowest BCUT2D eigenvalue weighted by atomic mass is 10.1.